The van der Waals surface area contributed by atoms with E-state index in [0.717, 1.165) is 53.8 Å². The monoisotopic (exact) mass is 397 g/mol. The van der Waals surface area contributed by atoms with Crippen molar-refractivity contribution in [1.82, 2.24) is 14.7 Å². The van der Waals surface area contributed by atoms with E-state index in [-0.39, 0.29) is 5.91 Å². The van der Waals surface area contributed by atoms with Crippen molar-refractivity contribution in [2.24, 2.45) is 0 Å². The topological polar surface area (TPSA) is 51.3 Å². The summed E-state index contributed by atoms with van der Waals surface area (Å²) in [6.07, 6.45) is 8.81. The van der Waals surface area contributed by atoms with Gasteiger partial charge in [-0.15, -0.1) is 0 Å². The molecule has 0 atom stereocenters. The van der Waals surface area contributed by atoms with E-state index < -0.39 is 0 Å². The predicted octanol–water partition coefficient (Wildman–Crippen LogP) is 5.31. The molecular weight excluding hydrogens is 374 g/mol. The summed E-state index contributed by atoms with van der Waals surface area (Å²) >= 11 is 0. The van der Waals surface area contributed by atoms with Crippen LogP contribution in [-0.2, 0) is 4.79 Å². The molecule has 0 aliphatic carbocycles. The van der Waals surface area contributed by atoms with Crippen LogP contribution in [-0.4, -0.2) is 33.7 Å². The van der Waals surface area contributed by atoms with E-state index in [4.69, 9.17) is 9.52 Å². The third-order valence-electron chi connectivity index (χ3n) is 5.50. The second kappa shape index (κ2) is 8.03. The minimum atomic E-state index is 0.0534. The summed E-state index contributed by atoms with van der Waals surface area (Å²) in [5.74, 6) is 0.744. The maximum Gasteiger partial charge on any atom is 0.246 e. The number of hydrogen-bond donors (Lipinski definition) is 0. The molecule has 150 valence electrons. The number of hydrogen-bond acceptors (Lipinski definition) is 3. The lowest BCUT2D eigenvalue weighted by Gasteiger charge is -2.25. The van der Waals surface area contributed by atoms with Crippen molar-refractivity contribution in [3.05, 3.63) is 78.5 Å². The number of carbonyl (C=O) groups excluding carboxylic acids is 1. The molecule has 0 bridgehead atoms. The van der Waals surface area contributed by atoms with Crippen molar-refractivity contribution in [3.8, 4) is 17.1 Å². The van der Waals surface area contributed by atoms with Crippen molar-refractivity contribution in [3.63, 3.8) is 0 Å². The molecule has 4 aromatic rings. The molecule has 0 saturated carbocycles. The zero-order chi connectivity index (χ0) is 20.3. The standard InChI is InChI=1S/C25H23N3O2/c29-24(27-15-7-2-8-16-27)14-13-20-18-28(21-10-3-1-4-11-21)26-25(20)23-17-19-9-5-6-12-22(19)30-23/h1,3-6,9-14,17-18H,2,7-8,15-16H2/b14-13+. The lowest BCUT2D eigenvalue weighted by Crippen LogP contribution is -2.34. The molecular formula is C25H23N3O2. The summed E-state index contributed by atoms with van der Waals surface area (Å²) in [5, 5.41) is 5.81. The van der Waals surface area contributed by atoms with Gasteiger partial charge in [-0.3, -0.25) is 4.79 Å². The first kappa shape index (κ1) is 18.4. The quantitative estimate of drug-likeness (QED) is 0.439. The number of benzene rings is 2. The molecule has 1 amide bonds. The maximum atomic E-state index is 12.6. The van der Waals surface area contributed by atoms with Crippen molar-refractivity contribution in [2.75, 3.05) is 13.1 Å². The third kappa shape index (κ3) is 3.66. The van der Waals surface area contributed by atoms with Gasteiger partial charge in [0.2, 0.25) is 5.91 Å². The molecule has 0 radical (unpaired) electrons. The van der Waals surface area contributed by atoms with E-state index in [2.05, 4.69) is 0 Å². The summed E-state index contributed by atoms with van der Waals surface area (Å²) in [5.41, 5.74) is 3.35. The molecule has 1 aliphatic heterocycles. The number of aromatic nitrogens is 2. The minimum absolute atomic E-state index is 0.0534. The van der Waals surface area contributed by atoms with Crippen LogP contribution in [0.4, 0.5) is 0 Å². The fraction of sp³-hybridized carbons (Fsp3) is 0.200. The normalized spacial score (nSPS) is 14.6. The Kier molecular flexibility index (Phi) is 4.93. The summed E-state index contributed by atoms with van der Waals surface area (Å²) < 4.78 is 7.89. The first-order valence-electron chi connectivity index (χ1n) is 10.4. The maximum absolute atomic E-state index is 12.6. The molecule has 0 N–H and O–H groups in total. The highest BCUT2D eigenvalue weighted by molar-refractivity contribution is 5.93. The molecule has 1 saturated heterocycles. The second-order valence-corrected chi connectivity index (χ2v) is 7.58. The molecule has 2 aromatic heterocycles. The van der Waals surface area contributed by atoms with Crippen LogP contribution in [0, 0.1) is 0 Å². The Balaban J connectivity index is 1.53. The number of amides is 1. The highest BCUT2D eigenvalue weighted by atomic mass is 16.3. The van der Waals surface area contributed by atoms with Gasteiger partial charge >= 0.3 is 0 Å². The van der Waals surface area contributed by atoms with E-state index in [1.165, 1.54) is 6.42 Å². The van der Waals surface area contributed by atoms with Crippen LogP contribution in [0.15, 0.2) is 77.4 Å². The van der Waals surface area contributed by atoms with E-state index >= 15 is 0 Å². The summed E-state index contributed by atoms with van der Waals surface area (Å²) in [6, 6.07) is 19.8. The van der Waals surface area contributed by atoms with Crippen LogP contribution in [0.1, 0.15) is 24.8 Å². The summed E-state index contributed by atoms with van der Waals surface area (Å²) in [7, 11) is 0. The van der Waals surface area contributed by atoms with Gasteiger partial charge in [-0.2, -0.15) is 5.10 Å². The van der Waals surface area contributed by atoms with Crippen LogP contribution in [0.2, 0.25) is 0 Å². The van der Waals surface area contributed by atoms with Gasteiger partial charge in [0.05, 0.1) is 5.69 Å². The largest absolute Gasteiger partial charge is 0.454 e. The Morgan fingerprint density at radius 2 is 1.73 bits per heavy atom. The van der Waals surface area contributed by atoms with Crippen molar-refractivity contribution in [1.29, 1.82) is 0 Å². The number of para-hydroxylation sites is 2. The summed E-state index contributed by atoms with van der Waals surface area (Å²) in [4.78, 5) is 14.5. The Hall–Kier alpha value is -3.60. The molecule has 2 aromatic carbocycles. The average molecular weight is 397 g/mol. The van der Waals surface area contributed by atoms with Gasteiger partial charge in [0.25, 0.3) is 0 Å². The van der Waals surface area contributed by atoms with Crippen LogP contribution in [0.5, 0.6) is 0 Å². The zero-order valence-corrected chi connectivity index (χ0v) is 16.7. The average Bonchev–Trinajstić information content (AvgIpc) is 3.43. The fourth-order valence-electron chi connectivity index (χ4n) is 3.89. The Morgan fingerprint density at radius 3 is 2.53 bits per heavy atom. The van der Waals surface area contributed by atoms with Crippen LogP contribution >= 0.6 is 0 Å². The van der Waals surface area contributed by atoms with Gasteiger partial charge in [-0.25, -0.2) is 4.68 Å². The van der Waals surface area contributed by atoms with Crippen molar-refractivity contribution < 1.29 is 9.21 Å². The first-order chi connectivity index (χ1) is 14.8. The van der Waals surface area contributed by atoms with Gasteiger partial charge in [0, 0.05) is 36.3 Å². The Labute approximate surface area is 175 Å². The van der Waals surface area contributed by atoms with E-state index in [9.17, 15) is 4.79 Å². The lowest BCUT2D eigenvalue weighted by atomic mass is 10.1. The number of nitrogens with zero attached hydrogens (tertiary/aromatic N) is 3. The zero-order valence-electron chi connectivity index (χ0n) is 16.7. The number of piperidine rings is 1. The second-order valence-electron chi connectivity index (χ2n) is 7.58. The number of rotatable bonds is 4. The number of carbonyl (C=O) groups is 1. The fourth-order valence-corrected chi connectivity index (χ4v) is 3.89. The minimum Gasteiger partial charge on any atom is -0.454 e. The Morgan fingerprint density at radius 1 is 0.967 bits per heavy atom. The molecule has 1 aliphatic rings. The lowest BCUT2D eigenvalue weighted by molar-refractivity contribution is -0.126. The predicted molar refractivity (Wildman–Crippen MR) is 118 cm³/mol. The third-order valence-corrected chi connectivity index (χ3v) is 5.50. The van der Waals surface area contributed by atoms with E-state index in [1.54, 1.807) is 6.08 Å². The van der Waals surface area contributed by atoms with Gasteiger partial charge in [0.15, 0.2) is 5.76 Å². The molecule has 0 spiro atoms. The highest BCUT2D eigenvalue weighted by Crippen LogP contribution is 2.30. The molecule has 5 nitrogen and oxygen atoms in total. The number of likely N-dealkylation sites (tertiary alicyclic amines) is 1. The van der Waals surface area contributed by atoms with Gasteiger partial charge in [0.1, 0.15) is 11.3 Å². The number of fused-ring (bicyclic) bond motifs is 1. The SMILES string of the molecule is O=C(/C=C/c1cn(-c2ccccc2)nc1-c1cc2ccccc2o1)N1CCCCC1. The highest BCUT2D eigenvalue weighted by Gasteiger charge is 2.17. The molecule has 0 unspecified atom stereocenters. The number of furan rings is 1. The van der Waals surface area contributed by atoms with E-state index in [1.807, 2.05) is 82.5 Å². The van der Waals surface area contributed by atoms with Gasteiger partial charge < -0.3 is 9.32 Å². The van der Waals surface area contributed by atoms with E-state index in [0.29, 0.717) is 5.76 Å². The van der Waals surface area contributed by atoms with Gasteiger partial charge in [-0.05, 0) is 49.6 Å². The van der Waals surface area contributed by atoms with Gasteiger partial charge in [-0.1, -0.05) is 36.4 Å². The molecule has 1 fully saturated rings. The first-order valence-corrected chi connectivity index (χ1v) is 10.4. The Bertz CT molecular complexity index is 1160. The smallest absolute Gasteiger partial charge is 0.246 e. The van der Waals surface area contributed by atoms with Crippen molar-refractivity contribution in [2.45, 2.75) is 19.3 Å². The summed E-state index contributed by atoms with van der Waals surface area (Å²) in [6.45, 7) is 1.67. The van der Waals surface area contributed by atoms with Crippen LogP contribution in [0.25, 0.3) is 34.2 Å². The molecule has 3 heterocycles. The molecule has 5 heteroatoms. The van der Waals surface area contributed by atoms with Crippen LogP contribution < -0.4 is 0 Å². The van der Waals surface area contributed by atoms with Crippen molar-refractivity contribution >= 4 is 23.0 Å². The molecule has 5 rings (SSSR count). The molecule has 30 heavy (non-hydrogen) atoms. The van der Waals surface area contributed by atoms with Crippen LogP contribution in [0.3, 0.4) is 0 Å².